The molecule has 1 aliphatic rings. The van der Waals surface area contributed by atoms with Crippen molar-refractivity contribution in [2.24, 2.45) is 0 Å². The molecule has 2 aromatic rings. The van der Waals surface area contributed by atoms with Gasteiger partial charge in [-0.05, 0) is 26.0 Å². The zero-order valence-corrected chi connectivity index (χ0v) is 13.9. The first-order valence-electron chi connectivity index (χ1n) is 7.09. The highest BCUT2D eigenvalue weighted by atomic mass is 79.9. The Bertz CT molecular complexity index is 626. The molecular formula is C15H19BrN4O. The molecule has 6 heteroatoms. The lowest BCUT2D eigenvalue weighted by Crippen LogP contribution is -2.57. The lowest BCUT2D eigenvalue weighted by molar-refractivity contribution is 0.0711. The smallest absolute Gasteiger partial charge is 0.241 e. The monoisotopic (exact) mass is 350 g/mol. The number of hydrogen-bond donors (Lipinski definition) is 1. The molecule has 0 unspecified atom stereocenters. The molecule has 0 amide bonds. The zero-order valence-electron chi connectivity index (χ0n) is 12.3. The summed E-state index contributed by atoms with van der Waals surface area (Å²) in [6.07, 6.45) is 0. The molecule has 0 bridgehead atoms. The maximum Gasteiger partial charge on any atom is 0.241 e. The minimum atomic E-state index is 0.0999. The Balaban J connectivity index is 1.76. The van der Waals surface area contributed by atoms with Crippen LogP contribution in [-0.2, 0) is 6.54 Å². The quantitative estimate of drug-likeness (QED) is 0.922. The fourth-order valence-electron chi connectivity index (χ4n) is 2.54. The number of halogens is 1. The summed E-state index contributed by atoms with van der Waals surface area (Å²) in [4.78, 5) is 6.90. The van der Waals surface area contributed by atoms with E-state index in [4.69, 9.17) is 4.52 Å². The number of nitrogens with one attached hydrogen (secondary N) is 1. The van der Waals surface area contributed by atoms with Gasteiger partial charge < -0.3 is 9.84 Å². The molecule has 1 fully saturated rings. The molecule has 3 rings (SSSR count). The van der Waals surface area contributed by atoms with Gasteiger partial charge in [0.15, 0.2) is 0 Å². The van der Waals surface area contributed by atoms with Crippen LogP contribution in [0.15, 0.2) is 33.3 Å². The van der Waals surface area contributed by atoms with Crippen LogP contribution in [0.25, 0.3) is 11.4 Å². The van der Waals surface area contributed by atoms with Crippen molar-refractivity contribution in [2.75, 3.05) is 19.6 Å². The van der Waals surface area contributed by atoms with Gasteiger partial charge in [0.05, 0.1) is 6.54 Å². The van der Waals surface area contributed by atoms with Crippen molar-refractivity contribution >= 4 is 15.9 Å². The highest BCUT2D eigenvalue weighted by Crippen LogP contribution is 2.22. The van der Waals surface area contributed by atoms with Crippen LogP contribution >= 0.6 is 15.9 Å². The third-order valence-corrected chi connectivity index (χ3v) is 4.34. The second-order valence-electron chi connectivity index (χ2n) is 5.93. The van der Waals surface area contributed by atoms with Crippen molar-refractivity contribution in [1.29, 1.82) is 0 Å². The van der Waals surface area contributed by atoms with Crippen LogP contribution in [0.4, 0.5) is 0 Å². The van der Waals surface area contributed by atoms with E-state index in [1.165, 1.54) is 0 Å². The van der Waals surface area contributed by atoms with Gasteiger partial charge in [0, 0.05) is 35.2 Å². The van der Waals surface area contributed by atoms with E-state index < -0.39 is 0 Å². The van der Waals surface area contributed by atoms with Crippen LogP contribution in [0.2, 0.25) is 0 Å². The lowest BCUT2D eigenvalue weighted by atomic mass is 10.0. The zero-order chi connectivity index (χ0) is 14.9. The molecule has 0 radical (unpaired) electrons. The average molecular weight is 351 g/mol. The van der Waals surface area contributed by atoms with E-state index in [1.807, 2.05) is 24.3 Å². The van der Waals surface area contributed by atoms with Gasteiger partial charge in [-0.15, -0.1) is 0 Å². The van der Waals surface area contributed by atoms with Crippen molar-refractivity contribution in [3.05, 3.63) is 34.6 Å². The van der Waals surface area contributed by atoms with Gasteiger partial charge in [-0.3, -0.25) is 4.90 Å². The topological polar surface area (TPSA) is 54.2 Å². The Kier molecular flexibility index (Phi) is 4.10. The predicted molar refractivity (Wildman–Crippen MR) is 84.8 cm³/mol. The second kappa shape index (κ2) is 5.87. The summed E-state index contributed by atoms with van der Waals surface area (Å²) < 4.78 is 6.43. The number of piperazine rings is 1. The largest absolute Gasteiger partial charge is 0.338 e. The van der Waals surface area contributed by atoms with Crippen molar-refractivity contribution in [2.45, 2.75) is 25.9 Å². The molecule has 1 aromatic heterocycles. The molecule has 1 saturated heterocycles. The Morgan fingerprint density at radius 3 is 3.05 bits per heavy atom. The van der Waals surface area contributed by atoms with E-state index in [-0.39, 0.29) is 5.54 Å². The van der Waals surface area contributed by atoms with Gasteiger partial charge in [-0.25, -0.2) is 0 Å². The first kappa shape index (κ1) is 14.7. The van der Waals surface area contributed by atoms with Crippen LogP contribution in [0.1, 0.15) is 19.7 Å². The average Bonchev–Trinajstić information content (AvgIpc) is 2.90. The molecule has 21 heavy (non-hydrogen) atoms. The third-order valence-electron chi connectivity index (χ3n) is 3.85. The minimum absolute atomic E-state index is 0.0999. The fraction of sp³-hybridized carbons (Fsp3) is 0.467. The van der Waals surface area contributed by atoms with Crippen LogP contribution in [0.3, 0.4) is 0 Å². The maximum atomic E-state index is 5.42. The van der Waals surface area contributed by atoms with Gasteiger partial charge in [0.25, 0.3) is 0 Å². The van der Waals surface area contributed by atoms with E-state index in [1.54, 1.807) is 0 Å². The van der Waals surface area contributed by atoms with E-state index in [9.17, 15) is 0 Å². The molecule has 0 aliphatic carbocycles. The molecule has 0 spiro atoms. The summed E-state index contributed by atoms with van der Waals surface area (Å²) in [6.45, 7) is 8.10. The molecular weight excluding hydrogens is 332 g/mol. The van der Waals surface area contributed by atoms with E-state index in [2.05, 4.69) is 50.1 Å². The molecule has 1 N–H and O–H groups in total. The van der Waals surface area contributed by atoms with Crippen LogP contribution in [-0.4, -0.2) is 40.2 Å². The molecule has 1 aliphatic heterocycles. The van der Waals surface area contributed by atoms with Gasteiger partial charge >= 0.3 is 0 Å². The first-order valence-corrected chi connectivity index (χ1v) is 7.88. The summed E-state index contributed by atoms with van der Waals surface area (Å²) >= 11 is 3.46. The van der Waals surface area contributed by atoms with Crippen LogP contribution < -0.4 is 5.32 Å². The van der Waals surface area contributed by atoms with Crippen molar-refractivity contribution < 1.29 is 4.52 Å². The number of benzene rings is 1. The van der Waals surface area contributed by atoms with Crippen LogP contribution in [0.5, 0.6) is 0 Å². The summed E-state index contributed by atoms with van der Waals surface area (Å²) in [6, 6.07) is 7.92. The molecule has 0 saturated carbocycles. The Hall–Kier alpha value is -1.24. The predicted octanol–water partition coefficient (Wildman–Crippen LogP) is 2.68. The summed E-state index contributed by atoms with van der Waals surface area (Å²) in [7, 11) is 0. The molecule has 112 valence electrons. The van der Waals surface area contributed by atoms with Gasteiger partial charge in [0.2, 0.25) is 11.7 Å². The third kappa shape index (κ3) is 3.33. The van der Waals surface area contributed by atoms with Crippen molar-refractivity contribution in [3.63, 3.8) is 0 Å². The van der Waals surface area contributed by atoms with Gasteiger partial charge in [0.1, 0.15) is 0 Å². The highest BCUT2D eigenvalue weighted by molar-refractivity contribution is 9.10. The number of rotatable bonds is 3. The lowest BCUT2D eigenvalue weighted by Gasteiger charge is -2.41. The van der Waals surface area contributed by atoms with Crippen LogP contribution in [0, 0.1) is 0 Å². The van der Waals surface area contributed by atoms with Gasteiger partial charge in [-0.1, -0.05) is 33.2 Å². The molecule has 2 heterocycles. The van der Waals surface area contributed by atoms with E-state index in [0.717, 1.165) is 29.7 Å². The highest BCUT2D eigenvalue weighted by Gasteiger charge is 2.30. The minimum Gasteiger partial charge on any atom is -0.338 e. The number of hydrogen-bond acceptors (Lipinski definition) is 5. The molecule has 5 nitrogen and oxygen atoms in total. The standard InChI is InChI=1S/C15H19BrN4O/c1-15(2)10-17-6-7-20(15)9-13-18-14(19-21-13)11-4-3-5-12(16)8-11/h3-5,8,17H,6-7,9-10H2,1-2H3. The number of nitrogens with zero attached hydrogens (tertiary/aromatic N) is 3. The van der Waals surface area contributed by atoms with E-state index in [0.29, 0.717) is 18.3 Å². The maximum absolute atomic E-state index is 5.42. The Morgan fingerprint density at radius 2 is 2.29 bits per heavy atom. The Morgan fingerprint density at radius 1 is 1.43 bits per heavy atom. The number of aromatic nitrogens is 2. The summed E-state index contributed by atoms with van der Waals surface area (Å²) in [5.41, 5.74) is 1.06. The first-order chi connectivity index (χ1) is 10.0. The molecule has 0 atom stereocenters. The fourth-order valence-corrected chi connectivity index (χ4v) is 2.94. The van der Waals surface area contributed by atoms with E-state index >= 15 is 0 Å². The SMILES string of the molecule is CC1(C)CNCCN1Cc1nc(-c2cccc(Br)c2)no1. The second-order valence-corrected chi connectivity index (χ2v) is 6.85. The summed E-state index contributed by atoms with van der Waals surface area (Å²) in [5, 5.41) is 7.51. The van der Waals surface area contributed by atoms with Crippen molar-refractivity contribution in [3.8, 4) is 11.4 Å². The van der Waals surface area contributed by atoms with Gasteiger partial charge in [-0.2, -0.15) is 4.98 Å². The Labute approximate surface area is 132 Å². The normalized spacial score (nSPS) is 18.8. The van der Waals surface area contributed by atoms with Crippen molar-refractivity contribution in [1.82, 2.24) is 20.4 Å². The molecule has 1 aromatic carbocycles. The summed E-state index contributed by atoms with van der Waals surface area (Å²) in [5.74, 6) is 1.30.